The third-order valence-corrected chi connectivity index (χ3v) is 5.87. The fourth-order valence-electron chi connectivity index (χ4n) is 3.88. The Morgan fingerprint density at radius 1 is 0.789 bits per heavy atom. The van der Waals surface area contributed by atoms with Crippen molar-refractivity contribution in [3.63, 3.8) is 0 Å². The third-order valence-electron chi connectivity index (χ3n) is 5.87. The van der Waals surface area contributed by atoms with E-state index in [2.05, 4.69) is 9.97 Å². The smallest absolute Gasteiger partial charge is 0.246 e. The Hall–Kier alpha value is -5.17. The van der Waals surface area contributed by atoms with Crippen molar-refractivity contribution in [1.29, 1.82) is 0 Å². The summed E-state index contributed by atoms with van der Waals surface area (Å²) in [5, 5.41) is 2.01. The predicted molar refractivity (Wildman–Crippen MR) is 150 cm³/mol. The van der Waals surface area contributed by atoms with Crippen molar-refractivity contribution in [3.8, 4) is 34.3 Å². The van der Waals surface area contributed by atoms with Gasteiger partial charge in [-0.15, -0.1) is 0 Å². The van der Waals surface area contributed by atoms with E-state index >= 15 is 0 Å². The van der Waals surface area contributed by atoms with Gasteiger partial charge in [-0.05, 0) is 70.4 Å². The summed E-state index contributed by atoms with van der Waals surface area (Å²) in [6.07, 6.45) is 4.73. The fraction of sp³-hybridized carbons (Fsp3) is 0.0645. The van der Waals surface area contributed by atoms with Crippen molar-refractivity contribution < 1.29 is 14.3 Å². The molecular formula is C31H26N4O3. The van der Waals surface area contributed by atoms with Gasteiger partial charge in [-0.25, -0.2) is 9.97 Å². The molecule has 0 unspecified atom stereocenters. The van der Waals surface area contributed by atoms with E-state index in [9.17, 15) is 4.79 Å². The largest absolute Gasteiger partial charge is 0.457 e. The van der Waals surface area contributed by atoms with Crippen molar-refractivity contribution in [2.24, 2.45) is 0 Å². The number of aromatic nitrogens is 2. The Bertz CT molecular complexity index is 1610. The number of para-hydroxylation sites is 1. The molecule has 1 amide bonds. The molecule has 7 nitrogen and oxygen atoms in total. The molecule has 188 valence electrons. The quantitative estimate of drug-likeness (QED) is 0.253. The molecule has 1 heterocycles. The van der Waals surface area contributed by atoms with Crippen LogP contribution in [0.3, 0.4) is 0 Å². The lowest BCUT2D eigenvalue weighted by Gasteiger charge is -2.13. The Morgan fingerprint density at radius 2 is 1.50 bits per heavy atom. The van der Waals surface area contributed by atoms with Crippen molar-refractivity contribution in [2.75, 3.05) is 19.8 Å². The van der Waals surface area contributed by atoms with Gasteiger partial charge in [0.1, 0.15) is 29.4 Å². The second-order valence-corrected chi connectivity index (χ2v) is 8.82. The van der Waals surface area contributed by atoms with Gasteiger partial charge in [-0.1, -0.05) is 48.5 Å². The van der Waals surface area contributed by atoms with Gasteiger partial charge in [0.15, 0.2) is 0 Å². The zero-order valence-corrected chi connectivity index (χ0v) is 21.0. The van der Waals surface area contributed by atoms with Gasteiger partial charge in [-0.3, -0.25) is 4.79 Å². The SMILES string of the molecule is CN(C)C(=O)C=Cc1ccc2ccc(Oc3ncnc(N)c3-c3ccc(Oc4ccccc4)cc3)cc2c1. The summed E-state index contributed by atoms with van der Waals surface area (Å²) >= 11 is 0. The van der Waals surface area contributed by atoms with Crippen molar-refractivity contribution in [1.82, 2.24) is 14.9 Å². The van der Waals surface area contributed by atoms with Gasteiger partial charge in [0.25, 0.3) is 0 Å². The van der Waals surface area contributed by atoms with E-state index < -0.39 is 0 Å². The zero-order chi connectivity index (χ0) is 26.5. The van der Waals surface area contributed by atoms with Crippen LogP contribution in [-0.2, 0) is 4.79 Å². The molecule has 0 saturated carbocycles. The van der Waals surface area contributed by atoms with Crippen LogP contribution < -0.4 is 15.2 Å². The van der Waals surface area contributed by atoms with Crippen LogP contribution in [0.4, 0.5) is 5.82 Å². The van der Waals surface area contributed by atoms with E-state index in [1.807, 2.05) is 91.0 Å². The van der Waals surface area contributed by atoms with Gasteiger partial charge in [0, 0.05) is 20.2 Å². The molecule has 0 atom stereocenters. The molecule has 0 radical (unpaired) electrons. The summed E-state index contributed by atoms with van der Waals surface area (Å²) in [5.41, 5.74) is 8.57. The van der Waals surface area contributed by atoms with E-state index in [0.717, 1.165) is 27.6 Å². The maximum atomic E-state index is 11.9. The molecule has 5 aromatic rings. The molecule has 38 heavy (non-hydrogen) atoms. The van der Waals surface area contributed by atoms with Crippen LogP contribution in [0, 0.1) is 0 Å². The maximum absolute atomic E-state index is 11.9. The maximum Gasteiger partial charge on any atom is 0.246 e. The van der Waals surface area contributed by atoms with Gasteiger partial charge >= 0.3 is 0 Å². The topological polar surface area (TPSA) is 90.6 Å². The molecule has 4 aromatic carbocycles. The number of nitrogen functional groups attached to an aromatic ring is 1. The molecule has 0 aliphatic carbocycles. The first kappa shape index (κ1) is 24.5. The van der Waals surface area contributed by atoms with Crippen LogP contribution in [-0.4, -0.2) is 34.9 Å². The summed E-state index contributed by atoms with van der Waals surface area (Å²) in [7, 11) is 3.44. The molecule has 0 saturated heterocycles. The highest BCUT2D eigenvalue weighted by Crippen LogP contribution is 2.36. The first-order valence-corrected chi connectivity index (χ1v) is 12.0. The molecule has 2 N–H and O–H groups in total. The Balaban J connectivity index is 1.41. The standard InChI is InChI=1S/C31H26N4O3/c1-35(2)28(36)17-9-21-8-10-22-11-16-27(19-24(22)18-21)38-31-29(30(32)33-20-34-31)23-12-14-26(15-13-23)37-25-6-4-3-5-7-25/h3-20H,1-2H3,(H2,32,33,34). The van der Waals surface area contributed by atoms with Crippen LogP contribution in [0.1, 0.15) is 5.56 Å². The van der Waals surface area contributed by atoms with Crippen LogP contribution in [0.2, 0.25) is 0 Å². The highest BCUT2D eigenvalue weighted by Gasteiger charge is 2.15. The number of amides is 1. The highest BCUT2D eigenvalue weighted by atomic mass is 16.5. The van der Waals surface area contributed by atoms with E-state index in [4.69, 9.17) is 15.2 Å². The molecule has 5 rings (SSSR count). The van der Waals surface area contributed by atoms with Crippen LogP contribution >= 0.6 is 0 Å². The van der Waals surface area contributed by atoms with Gasteiger partial charge in [-0.2, -0.15) is 0 Å². The van der Waals surface area contributed by atoms with Crippen LogP contribution in [0.5, 0.6) is 23.1 Å². The Kier molecular flexibility index (Phi) is 6.99. The van der Waals surface area contributed by atoms with E-state index in [-0.39, 0.29) is 5.91 Å². The number of hydrogen-bond acceptors (Lipinski definition) is 6. The Morgan fingerprint density at radius 3 is 2.26 bits per heavy atom. The monoisotopic (exact) mass is 502 g/mol. The average Bonchev–Trinajstić information content (AvgIpc) is 2.93. The van der Waals surface area contributed by atoms with E-state index in [1.54, 1.807) is 26.2 Å². The number of nitrogens with zero attached hydrogens (tertiary/aromatic N) is 3. The van der Waals surface area contributed by atoms with Crippen LogP contribution in [0.25, 0.3) is 28.0 Å². The van der Waals surface area contributed by atoms with Crippen LogP contribution in [0.15, 0.2) is 103 Å². The number of nitrogens with two attached hydrogens (primary N) is 1. The molecule has 0 fully saturated rings. The minimum atomic E-state index is -0.0734. The Labute approximate surface area is 220 Å². The number of carbonyl (C=O) groups excluding carboxylic acids is 1. The van der Waals surface area contributed by atoms with Gasteiger partial charge < -0.3 is 20.1 Å². The molecule has 0 aliphatic rings. The van der Waals surface area contributed by atoms with Crippen molar-refractivity contribution in [3.05, 3.63) is 109 Å². The predicted octanol–water partition coefficient (Wildman–Crippen LogP) is 6.57. The summed E-state index contributed by atoms with van der Waals surface area (Å²) in [6, 6.07) is 28.9. The van der Waals surface area contributed by atoms with E-state index in [0.29, 0.717) is 28.8 Å². The normalized spacial score (nSPS) is 11.0. The van der Waals surface area contributed by atoms with Gasteiger partial charge in [0.2, 0.25) is 11.8 Å². The summed E-state index contributed by atoms with van der Waals surface area (Å²) in [6.45, 7) is 0. The minimum absolute atomic E-state index is 0.0734. The van der Waals surface area contributed by atoms with Crippen molar-refractivity contribution >= 4 is 28.6 Å². The summed E-state index contributed by atoms with van der Waals surface area (Å²) < 4.78 is 12.1. The second-order valence-electron chi connectivity index (χ2n) is 8.82. The van der Waals surface area contributed by atoms with E-state index in [1.165, 1.54) is 11.2 Å². The van der Waals surface area contributed by atoms with Gasteiger partial charge in [0.05, 0.1) is 5.56 Å². The zero-order valence-electron chi connectivity index (χ0n) is 21.0. The number of fused-ring (bicyclic) bond motifs is 1. The molecule has 0 aliphatic heterocycles. The summed E-state index contributed by atoms with van der Waals surface area (Å²) in [5.74, 6) is 2.64. The molecule has 1 aromatic heterocycles. The fourth-order valence-corrected chi connectivity index (χ4v) is 3.88. The lowest BCUT2D eigenvalue weighted by atomic mass is 10.1. The minimum Gasteiger partial charge on any atom is -0.457 e. The number of ether oxygens (including phenoxy) is 2. The number of hydrogen-bond donors (Lipinski definition) is 1. The number of benzene rings is 4. The first-order valence-electron chi connectivity index (χ1n) is 12.0. The number of carbonyl (C=O) groups is 1. The lowest BCUT2D eigenvalue weighted by Crippen LogP contribution is -2.18. The third kappa shape index (κ3) is 5.63. The number of likely N-dealkylation sites (N-methyl/N-ethyl adjacent to an activating group) is 1. The lowest BCUT2D eigenvalue weighted by molar-refractivity contribution is -0.123. The molecule has 0 spiro atoms. The first-order chi connectivity index (χ1) is 18.5. The van der Waals surface area contributed by atoms with Crippen molar-refractivity contribution in [2.45, 2.75) is 0 Å². The summed E-state index contributed by atoms with van der Waals surface area (Å²) in [4.78, 5) is 22.0. The number of rotatable bonds is 7. The molecule has 0 bridgehead atoms. The number of anilines is 1. The highest BCUT2D eigenvalue weighted by molar-refractivity contribution is 5.93. The molecule has 7 heteroatoms. The second kappa shape index (κ2) is 10.8. The molecular weight excluding hydrogens is 476 g/mol. The average molecular weight is 503 g/mol.